The maximum Gasteiger partial charge on any atom is 0.189 e. The van der Waals surface area contributed by atoms with Crippen LogP contribution in [0.25, 0.3) is 0 Å². The van der Waals surface area contributed by atoms with Crippen molar-refractivity contribution >= 4 is 51.9 Å². The van der Waals surface area contributed by atoms with E-state index >= 15 is 0 Å². The Bertz CT molecular complexity index is 472. The number of halogens is 1. The molecule has 108 valence electrons. The molecule has 1 saturated carbocycles. The second-order valence-corrected chi connectivity index (χ2v) is 5.92. The van der Waals surface area contributed by atoms with Crippen LogP contribution in [0, 0.1) is 0 Å². The molecular formula is C13H17ClN4S2. The molecule has 0 spiro atoms. The average molecular weight is 329 g/mol. The van der Waals surface area contributed by atoms with Gasteiger partial charge in [0.25, 0.3) is 0 Å². The summed E-state index contributed by atoms with van der Waals surface area (Å²) < 4.78 is 0. The molecule has 0 bridgehead atoms. The highest BCUT2D eigenvalue weighted by Crippen LogP contribution is 2.17. The predicted octanol–water partition coefficient (Wildman–Crippen LogP) is 2.95. The molecule has 1 aliphatic rings. The zero-order chi connectivity index (χ0) is 14.4. The van der Waals surface area contributed by atoms with Crippen LogP contribution in [0.2, 0.25) is 5.02 Å². The van der Waals surface area contributed by atoms with E-state index in [9.17, 15) is 0 Å². The molecule has 0 aliphatic heterocycles. The van der Waals surface area contributed by atoms with Gasteiger partial charge in [-0.25, -0.2) is 0 Å². The molecule has 0 atom stereocenters. The Labute approximate surface area is 134 Å². The number of rotatable bonds is 2. The van der Waals surface area contributed by atoms with Crippen LogP contribution < -0.4 is 21.5 Å². The highest BCUT2D eigenvalue weighted by atomic mass is 35.5. The molecule has 0 aromatic heterocycles. The Morgan fingerprint density at radius 1 is 1.00 bits per heavy atom. The summed E-state index contributed by atoms with van der Waals surface area (Å²) in [5, 5.41) is 7.99. The Morgan fingerprint density at radius 3 is 2.25 bits per heavy atom. The first-order valence-corrected chi connectivity index (χ1v) is 7.72. The van der Waals surface area contributed by atoms with Crippen LogP contribution in [0.1, 0.15) is 25.7 Å². The van der Waals surface area contributed by atoms with Crippen molar-refractivity contribution in [1.82, 2.24) is 16.2 Å². The van der Waals surface area contributed by atoms with Gasteiger partial charge in [0.1, 0.15) is 0 Å². The first kappa shape index (κ1) is 15.3. The van der Waals surface area contributed by atoms with Crippen LogP contribution in [0.5, 0.6) is 0 Å². The zero-order valence-corrected chi connectivity index (χ0v) is 13.3. The van der Waals surface area contributed by atoms with E-state index in [1.165, 1.54) is 25.7 Å². The lowest BCUT2D eigenvalue weighted by molar-refractivity contribution is 0.618. The molecule has 0 amide bonds. The number of nitrogens with one attached hydrogen (secondary N) is 4. The maximum absolute atomic E-state index is 5.82. The summed E-state index contributed by atoms with van der Waals surface area (Å²) in [6, 6.07) is 7.78. The molecule has 4 nitrogen and oxygen atoms in total. The quantitative estimate of drug-likeness (QED) is 0.495. The Hall–Kier alpha value is -1.11. The number of hydrogen-bond acceptors (Lipinski definition) is 2. The van der Waals surface area contributed by atoms with E-state index < -0.39 is 0 Å². The van der Waals surface area contributed by atoms with Gasteiger partial charge in [-0.3, -0.25) is 10.9 Å². The monoisotopic (exact) mass is 328 g/mol. The topological polar surface area (TPSA) is 48.1 Å². The molecule has 7 heteroatoms. The van der Waals surface area contributed by atoms with Crippen LogP contribution in [0.15, 0.2) is 24.3 Å². The number of hydrogen-bond donors (Lipinski definition) is 4. The summed E-state index contributed by atoms with van der Waals surface area (Å²) in [4.78, 5) is 0. The van der Waals surface area contributed by atoms with Crippen LogP contribution in [-0.2, 0) is 0 Å². The highest BCUT2D eigenvalue weighted by Gasteiger charge is 2.15. The molecule has 0 radical (unpaired) electrons. The minimum absolute atomic E-state index is 0.447. The third kappa shape index (κ3) is 5.11. The van der Waals surface area contributed by atoms with E-state index in [1.54, 1.807) is 12.1 Å². The minimum Gasteiger partial charge on any atom is -0.359 e. The van der Waals surface area contributed by atoms with Crippen LogP contribution in [0.4, 0.5) is 5.69 Å². The van der Waals surface area contributed by atoms with Crippen molar-refractivity contribution in [3.05, 3.63) is 29.3 Å². The molecule has 1 fully saturated rings. The highest BCUT2D eigenvalue weighted by molar-refractivity contribution is 7.80. The Morgan fingerprint density at radius 2 is 1.60 bits per heavy atom. The maximum atomic E-state index is 5.82. The van der Waals surface area contributed by atoms with Crippen molar-refractivity contribution in [2.75, 3.05) is 5.32 Å². The van der Waals surface area contributed by atoms with Gasteiger partial charge in [0.2, 0.25) is 0 Å². The summed E-state index contributed by atoms with van der Waals surface area (Å²) in [7, 11) is 0. The second kappa shape index (κ2) is 7.61. The standard InChI is InChI=1S/C13H17ClN4S2/c14-9-5-7-11(8-6-9)16-13(20)18-17-12(19)15-10-3-1-2-4-10/h5-8,10H,1-4H2,(H2,15,17,19)(H2,16,18,20). The zero-order valence-electron chi connectivity index (χ0n) is 10.9. The van der Waals surface area contributed by atoms with Gasteiger partial charge in [0.15, 0.2) is 10.2 Å². The summed E-state index contributed by atoms with van der Waals surface area (Å²) in [6.07, 6.45) is 4.89. The van der Waals surface area contributed by atoms with E-state index in [0.29, 0.717) is 21.3 Å². The number of hydrazine groups is 1. The van der Waals surface area contributed by atoms with E-state index in [0.717, 1.165) is 5.69 Å². The van der Waals surface area contributed by atoms with Gasteiger partial charge in [-0.15, -0.1) is 0 Å². The molecule has 0 heterocycles. The van der Waals surface area contributed by atoms with E-state index in [4.69, 9.17) is 36.0 Å². The van der Waals surface area contributed by atoms with Gasteiger partial charge < -0.3 is 10.6 Å². The lowest BCUT2D eigenvalue weighted by atomic mass is 10.3. The van der Waals surface area contributed by atoms with Crippen LogP contribution in [-0.4, -0.2) is 16.3 Å². The molecular weight excluding hydrogens is 312 g/mol. The van der Waals surface area contributed by atoms with Gasteiger partial charge in [-0.05, 0) is 61.5 Å². The third-order valence-electron chi connectivity index (χ3n) is 3.08. The van der Waals surface area contributed by atoms with Gasteiger partial charge in [0, 0.05) is 16.8 Å². The molecule has 1 aromatic rings. The lowest BCUT2D eigenvalue weighted by Gasteiger charge is -2.17. The molecule has 4 N–H and O–H groups in total. The fourth-order valence-electron chi connectivity index (χ4n) is 2.10. The van der Waals surface area contributed by atoms with E-state index in [1.807, 2.05) is 12.1 Å². The van der Waals surface area contributed by atoms with Gasteiger partial charge >= 0.3 is 0 Å². The summed E-state index contributed by atoms with van der Waals surface area (Å²) in [5.41, 5.74) is 6.60. The number of thiocarbonyl (C=S) groups is 2. The first-order valence-electron chi connectivity index (χ1n) is 6.52. The molecule has 20 heavy (non-hydrogen) atoms. The molecule has 1 aromatic carbocycles. The summed E-state index contributed by atoms with van der Waals surface area (Å²) >= 11 is 16.2. The fraction of sp³-hybridized carbons (Fsp3) is 0.385. The summed E-state index contributed by atoms with van der Waals surface area (Å²) in [5.74, 6) is 0. The largest absolute Gasteiger partial charge is 0.359 e. The van der Waals surface area contributed by atoms with Crippen LogP contribution in [0.3, 0.4) is 0 Å². The van der Waals surface area contributed by atoms with Crippen molar-refractivity contribution in [3.63, 3.8) is 0 Å². The first-order chi connectivity index (χ1) is 9.63. The van der Waals surface area contributed by atoms with Crippen LogP contribution >= 0.6 is 36.0 Å². The van der Waals surface area contributed by atoms with Gasteiger partial charge in [-0.2, -0.15) is 0 Å². The van der Waals surface area contributed by atoms with Crippen molar-refractivity contribution in [1.29, 1.82) is 0 Å². The average Bonchev–Trinajstić information content (AvgIpc) is 2.92. The number of benzene rings is 1. The van der Waals surface area contributed by atoms with Crippen molar-refractivity contribution in [2.45, 2.75) is 31.7 Å². The minimum atomic E-state index is 0.447. The lowest BCUT2D eigenvalue weighted by Crippen LogP contribution is -2.50. The number of anilines is 1. The molecule has 0 saturated heterocycles. The molecule has 2 rings (SSSR count). The fourth-order valence-corrected chi connectivity index (χ4v) is 2.61. The Balaban J connectivity index is 1.69. The molecule has 0 unspecified atom stereocenters. The molecule has 1 aliphatic carbocycles. The van der Waals surface area contributed by atoms with E-state index in [2.05, 4.69) is 21.5 Å². The smallest absolute Gasteiger partial charge is 0.189 e. The van der Waals surface area contributed by atoms with Crippen molar-refractivity contribution < 1.29 is 0 Å². The van der Waals surface area contributed by atoms with Crippen molar-refractivity contribution in [2.24, 2.45) is 0 Å². The van der Waals surface area contributed by atoms with E-state index in [-0.39, 0.29) is 0 Å². The Kier molecular flexibility index (Phi) is 5.82. The third-order valence-corrected chi connectivity index (χ3v) is 3.76. The normalized spacial score (nSPS) is 14.7. The second-order valence-electron chi connectivity index (χ2n) is 4.67. The van der Waals surface area contributed by atoms with Crippen molar-refractivity contribution in [3.8, 4) is 0 Å². The van der Waals surface area contributed by atoms with Gasteiger partial charge in [0.05, 0.1) is 0 Å². The van der Waals surface area contributed by atoms with Gasteiger partial charge in [-0.1, -0.05) is 24.4 Å². The predicted molar refractivity (Wildman–Crippen MR) is 91.9 cm³/mol. The summed E-state index contributed by atoms with van der Waals surface area (Å²) in [6.45, 7) is 0. The SMILES string of the molecule is S=C(NNC(=S)NC1CCCC1)Nc1ccc(Cl)cc1.